The lowest BCUT2D eigenvalue weighted by Crippen LogP contribution is -2.22. The Morgan fingerprint density at radius 2 is 2.16 bits per heavy atom. The van der Waals surface area contributed by atoms with Crippen LogP contribution in [0.25, 0.3) is 0 Å². The zero-order valence-corrected chi connectivity index (χ0v) is 11.2. The monoisotopic (exact) mass is 264 g/mol. The Hall–Kier alpha value is -1.62. The van der Waals surface area contributed by atoms with E-state index in [0.29, 0.717) is 12.4 Å². The van der Waals surface area contributed by atoms with Crippen LogP contribution in [-0.2, 0) is 0 Å². The van der Waals surface area contributed by atoms with E-state index in [4.69, 9.17) is 4.74 Å². The zero-order valence-electron chi connectivity index (χ0n) is 11.2. The quantitative estimate of drug-likeness (QED) is 0.450. The first kappa shape index (κ1) is 13.8. The molecule has 0 N–H and O–H groups in total. The van der Waals surface area contributed by atoms with Crippen molar-refractivity contribution in [2.24, 2.45) is 5.92 Å². The van der Waals surface area contributed by atoms with Gasteiger partial charge in [0.15, 0.2) is 0 Å². The summed E-state index contributed by atoms with van der Waals surface area (Å²) >= 11 is 0. The molecule has 5 heteroatoms. The summed E-state index contributed by atoms with van der Waals surface area (Å²) in [4.78, 5) is 12.6. The fourth-order valence-electron chi connectivity index (χ4n) is 2.37. The lowest BCUT2D eigenvalue weighted by molar-refractivity contribution is -0.384. The molecule has 0 radical (unpaired) electrons. The van der Waals surface area contributed by atoms with Crippen LogP contribution in [0.1, 0.15) is 19.8 Å². The van der Waals surface area contributed by atoms with E-state index < -0.39 is 4.92 Å². The average Bonchev–Trinajstić information content (AvgIpc) is 2.81. The smallest absolute Gasteiger partial charge is 0.269 e. The standard InChI is InChI=1S/C14H20N2O3/c1-12-7-9-15(11-12)8-2-10-19-14-5-3-13(4-6-14)16(17)18/h3-6,12H,2,7-11H2,1H3. The van der Waals surface area contributed by atoms with Crippen molar-refractivity contribution in [1.82, 2.24) is 4.90 Å². The normalized spacial score (nSPS) is 19.5. The van der Waals surface area contributed by atoms with Gasteiger partial charge in [-0.05, 0) is 37.4 Å². The van der Waals surface area contributed by atoms with E-state index in [9.17, 15) is 10.1 Å². The summed E-state index contributed by atoms with van der Waals surface area (Å²) in [6.45, 7) is 6.39. The minimum atomic E-state index is -0.404. The van der Waals surface area contributed by atoms with Crippen LogP contribution in [0.2, 0.25) is 0 Å². The second-order valence-corrected chi connectivity index (χ2v) is 5.15. The van der Waals surface area contributed by atoms with Crippen molar-refractivity contribution in [3.8, 4) is 5.75 Å². The van der Waals surface area contributed by atoms with Crippen LogP contribution in [0.15, 0.2) is 24.3 Å². The minimum absolute atomic E-state index is 0.0957. The number of nitrogens with zero attached hydrogens (tertiary/aromatic N) is 2. The molecule has 1 aliphatic rings. The Morgan fingerprint density at radius 1 is 1.42 bits per heavy atom. The second kappa shape index (κ2) is 6.52. The van der Waals surface area contributed by atoms with Gasteiger partial charge < -0.3 is 9.64 Å². The Bertz CT molecular complexity index is 419. The number of rotatable bonds is 6. The van der Waals surface area contributed by atoms with E-state index in [1.807, 2.05) is 0 Å². The predicted molar refractivity (Wildman–Crippen MR) is 73.4 cm³/mol. The average molecular weight is 264 g/mol. The van der Waals surface area contributed by atoms with E-state index in [0.717, 1.165) is 18.9 Å². The molecule has 0 amide bonds. The van der Waals surface area contributed by atoms with Gasteiger partial charge in [0.25, 0.3) is 5.69 Å². The number of hydrogen-bond acceptors (Lipinski definition) is 4. The molecule has 104 valence electrons. The van der Waals surface area contributed by atoms with Crippen LogP contribution in [0.5, 0.6) is 5.75 Å². The van der Waals surface area contributed by atoms with Gasteiger partial charge in [-0.25, -0.2) is 0 Å². The van der Waals surface area contributed by atoms with Crippen molar-refractivity contribution >= 4 is 5.69 Å². The minimum Gasteiger partial charge on any atom is -0.494 e. The molecule has 0 spiro atoms. The number of non-ortho nitro benzene ring substituents is 1. The van der Waals surface area contributed by atoms with Gasteiger partial charge in [-0.2, -0.15) is 0 Å². The van der Waals surface area contributed by atoms with E-state index in [2.05, 4.69) is 11.8 Å². The van der Waals surface area contributed by atoms with E-state index in [-0.39, 0.29) is 5.69 Å². The lowest BCUT2D eigenvalue weighted by Gasteiger charge is -2.15. The van der Waals surface area contributed by atoms with Crippen LogP contribution in [0.4, 0.5) is 5.69 Å². The molecule has 0 bridgehead atoms. The summed E-state index contributed by atoms with van der Waals surface area (Å²) in [6.07, 6.45) is 2.28. The molecule has 1 unspecified atom stereocenters. The van der Waals surface area contributed by atoms with Gasteiger partial charge in [0.05, 0.1) is 11.5 Å². The maximum Gasteiger partial charge on any atom is 0.269 e. The topological polar surface area (TPSA) is 55.6 Å². The first-order chi connectivity index (χ1) is 9.15. The molecule has 0 aromatic heterocycles. The molecular formula is C14H20N2O3. The number of nitro benzene ring substituents is 1. The Kier molecular flexibility index (Phi) is 4.74. The summed E-state index contributed by atoms with van der Waals surface area (Å²) in [5, 5.41) is 10.5. The third-order valence-electron chi connectivity index (χ3n) is 3.44. The highest BCUT2D eigenvalue weighted by Gasteiger charge is 2.17. The Morgan fingerprint density at radius 3 is 2.74 bits per heavy atom. The number of hydrogen-bond donors (Lipinski definition) is 0. The molecule has 1 aromatic carbocycles. The Labute approximate surface area is 113 Å². The van der Waals surface area contributed by atoms with Crippen molar-refractivity contribution in [2.75, 3.05) is 26.2 Å². The van der Waals surface area contributed by atoms with Crippen molar-refractivity contribution in [3.63, 3.8) is 0 Å². The summed E-state index contributed by atoms with van der Waals surface area (Å²) in [7, 11) is 0. The molecule has 1 aromatic rings. The highest BCUT2D eigenvalue weighted by Crippen LogP contribution is 2.18. The molecule has 1 saturated heterocycles. The third-order valence-corrected chi connectivity index (χ3v) is 3.44. The molecular weight excluding hydrogens is 244 g/mol. The summed E-state index contributed by atoms with van der Waals surface area (Å²) < 4.78 is 5.58. The highest BCUT2D eigenvalue weighted by molar-refractivity contribution is 5.35. The zero-order chi connectivity index (χ0) is 13.7. The van der Waals surface area contributed by atoms with Crippen LogP contribution >= 0.6 is 0 Å². The van der Waals surface area contributed by atoms with E-state index in [1.54, 1.807) is 12.1 Å². The van der Waals surface area contributed by atoms with Gasteiger partial charge in [0, 0.05) is 25.2 Å². The highest BCUT2D eigenvalue weighted by atomic mass is 16.6. The van der Waals surface area contributed by atoms with Gasteiger partial charge in [0.1, 0.15) is 5.75 Å². The molecule has 5 nitrogen and oxygen atoms in total. The first-order valence-corrected chi connectivity index (χ1v) is 6.75. The van der Waals surface area contributed by atoms with Crippen molar-refractivity contribution in [3.05, 3.63) is 34.4 Å². The molecule has 1 atom stereocenters. The van der Waals surface area contributed by atoms with E-state index >= 15 is 0 Å². The third kappa shape index (κ3) is 4.21. The number of likely N-dealkylation sites (tertiary alicyclic amines) is 1. The fraction of sp³-hybridized carbons (Fsp3) is 0.571. The molecule has 1 heterocycles. The number of nitro groups is 1. The molecule has 2 rings (SSSR count). The van der Waals surface area contributed by atoms with Crippen LogP contribution in [0.3, 0.4) is 0 Å². The summed E-state index contributed by atoms with van der Waals surface area (Å²) in [6, 6.07) is 6.24. The van der Waals surface area contributed by atoms with Crippen molar-refractivity contribution in [2.45, 2.75) is 19.8 Å². The van der Waals surface area contributed by atoms with Gasteiger partial charge in [-0.3, -0.25) is 10.1 Å². The number of benzene rings is 1. The van der Waals surface area contributed by atoms with Crippen LogP contribution in [-0.4, -0.2) is 36.1 Å². The van der Waals surface area contributed by atoms with Crippen molar-refractivity contribution in [1.29, 1.82) is 0 Å². The van der Waals surface area contributed by atoms with E-state index in [1.165, 1.54) is 31.6 Å². The van der Waals surface area contributed by atoms with Crippen LogP contribution in [0, 0.1) is 16.0 Å². The lowest BCUT2D eigenvalue weighted by atomic mass is 10.2. The van der Waals surface area contributed by atoms with Gasteiger partial charge in [0.2, 0.25) is 0 Å². The van der Waals surface area contributed by atoms with Crippen molar-refractivity contribution < 1.29 is 9.66 Å². The van der Waals surface area contributed by atoms with Gasteiger partial charge in [-0.15, -0.1) is 0 Å². The second-order valence-electron chi connectivity index (χ2n) is 5.15. The number of ether oxygens (including phenoxy) is 1. The Balaban J connectivity index is 1.66. The molecule has 1 fully saturated rings. The summed E-state index contributed by atoms with van der Waals surface area (Å²) in [5.41, 5.74) is 0.0957. The van der Waals surface area contributed by atoms with Gasteiger partial charge in [-0.1, -0.05) is 6.92 Å². The molecule has 0 saturated carbocycles. The molecule has 0 aliphatic carbocycles. The maximum atomic E-state index is 10.5. The largest absolute Gasteiger partial charge is 0.494 e. The maximum absolute atomic E-state index is 10.5. The van der Waals surface area contributed by atoms with Gasteiger partial charge >= 0.3 is 0 Å². The summed E-state index contributed by atoms with van der Waals surface area (Å²) in [5.74, 6) is 1.51. The van der Waals surface area contributed by atoms with Crippen LogP contribution < -0.4 is 4.74 Å². The first-order valence-electron chi connectivity index (χ1n) is 6.75. The molecule has 19 heavy (non-hydrogen) atoms. The SMILES string of the molecule is CC1CCN(CCCOc2ccc([N+](=O)[O-])cc2)C1. The predicted octanol–water partition coefficient (Wildman–Crippen LogP) is 2.71. The fourth-order valence-corrected chi connectivity index (χ4v) is 2.37. The molecule has 1 aliphatic heterocycles.